The van der Waals surface area contributed by atoms with E-state index in [1.807, 2.05) is 0 Å². The van der Waals surface area contributed by atoms with Crippen molar-refractivity contribution < 1.29 is 9.53 Å². The Morgan fingerprint density at radius 1 is 1.35 bits per heavy atom. The van der Waals surface area contributed by atoms with Crippen LogP contribution in [-0.2, 0) is 9.53 Å². The van der Waals surface area contributed by atoms with E-state index >= 15 is 0 Å². The number of hydrogen-bond acceptors (Lipinski definition) is 2. The standard InChI is InChI=1S/C15H24O2/c1-5-6-7-8-9-17-14-10-13(16)12(2)11-15(14,3)4/h10H,2,5-9,11H2,1,3-4H3. The monoisotopic (exact) mass is 236 g/mol. The van der Waals surface area contributed by atoms with Crippen LogP contribution in [0.2, 0.25) is 0 Å². The van der Waals surface area contributed by atoms with Crippen molar-refractivity contribution in [2.45, 2.75) is 52.9 Å². The first kappa shape index (κ1) is 14.0. The lowest BCUT2D eigenvalue weighted by molar-refractivity contribution is -0.112. The van der Waals surface area contributed by atoms with E-state index in [0.717, 1.165) is 18.8 Å². The molecule has 2 nitrogen and oxygen atoms in total. The first-order chi connectivity index (χ1) is 7.97. The summed E-state index contributed by atoms with van der Waals surface area (Å²) in [4.78, 5) is 11.6. The molecule has 0 fully saturated rings. The Morgan fingerprint density at radius 2 is 2.06 bits per heavy atom. The molecule has 96 valence electrons. The summed E-state index contributed by atoms with van der Waals surface area (Å²) in [6.45, 7) is 10.9. The van der Waals surface area contributed by atoms with Gasteiger partial charge in [0.1, 0.15) is 5.76 Å². The molecule has 0 heterocycles. The smallest absolute Gasteiger partial charge is 0.184 e. The molecule has 0 saturated carbocycles. The highest BCUT2D eigenvalue weighted by Crippen LogP contribution is 2.37. The van der Waals surface area contributed by atoms with Crippen LogP contribution in [0.25, 0.3) is 0 Å². The minimum Gasteiger partial charge on any atom is -0.497 e. The summed E-state index contributed by atoms with van der Waals surface area (Å²) < 4.78 is 5.76. The molecule has 0 aromatic carbocycles. The average Bonchev–Trinajstić information content (AvgIpc) is 2.24. The quantitative estimate of drug-likeness (QED) is 0.514. The molecule has 0 spiro atoms. The Bertz CT molecular complexity index is 324. The molecule has 2 heteroatoms. The highest BCUT2D eigenvalue weighted by atomic mass is 16.5. The summed E-state index contributed by atoms with van der Waals surface area (Å²) >= 11 is 0. The van der Waals surface area contributed by atoms with Crippen LogP contribution in [0.4, 0.5) is 0 Å². The van der Waals surface area contributed by atoms with E-state index in [4.69, 9.17) is 4.74 Å². The Balaban J connectivity index is 2.48. The fraction of sp³-hybridized carbons (Fsp3) is 0.667. The summed E-state index contributed by atoms with van der Waals surface area (Å²) in [5.74, 6) is 0.847. The number of allylic oxidation sites excluding steroid dienone is 3. The zero-order valence-corrected chi connectivity index (χ0v) is 11.3. The number of ether oxygens (including phenoxy) is 1. The number of carbonyl (C=O) groups is 1. The van der Waals surface area contributed by atoms with Crippen LogP contribution in [0.1, 0.15) is 52.9 Å². The third-order valence-electron chi connectivity index (χ3n) is 3.19. The summed E-state index contributed by atoms with van der Waals surface area (Å²) in [7, 11) is 0. The van der Waals surface area contributed by atoms with Gasteiger partial charge in [0.25, 0.3) is 0 Å². The number of ketones is 1. The molecule has 0 amide bonds. The van der Waals surface area contributed by atoms with Crippen LogP contribution in [-0.4, -0.2) is 12.4 Å². The fourth-order valence-electron chi connectivity index (χ4n) is 2.07. The van der Waals surface area contributed by atoms with Crippen LogP contribution in [0.15, 0.2) is 24.0 Å². The topological polar surface area (TPSA) is 26.3 Å². The minimum absolute atomic E-state index is 0.0212. The molecule has 0 bridgehead atoms. The van der Waals surface area contributed by atoms with Crippen molar-refractivity contribution in [3.63, 3.8) is 0 Å². The fourth-order valence-corrected chi connectivity index (χ4v) is 2.07. The van der Waals surface area contributed by atoms with E-state index in [9.17, 15) is 4.79 Å². The van der Waals surface area contributed by atoms with E-state index in [1.165, 1.54) is 19.3 Å². The highest BCUT2D eigenvalue weighted by Gasteiger charge is 2.32. The van der Waals surface area contributed by atoms with E-state index in [2.05, 4.69) is 27.4 Å². The van der Waals surface area contributed by atoms with Gasteiger partial charge in [0, 0.05) is 11.5 Å². The summed E-state index contributed by atoms with van der Waals surface area (Å²) in [5, 5.41) is 0. The van der Waals surface area contributed by atoms with E-state index in [0.29, 0.717) is 12.0 Å². The predicted octanol–water partition coefficient (Wildman–Crippen LogP) is 4.02. The third kappa shape index (κ3) is 4.03. The maximum atomic E-state index is 11.6. The van der Waals surface area contributed by atoms with E-state index in [-0.39, 0.29) is 11.2 Å². The highest BCUT2D eigenvalue weighted by molar-refractivity contribution is 6.04. The van der Waals surface area contributed by atoms with Crippen molar-refractivity contribution >= 4 is 5.78 Å². The lowest BCUT2D eigenvalue weighted by Gasteiger charge is -2.31. The molecule has 0 N–H and O–H groups in total. The zero-order valence-electron chi connectivity index (χ0n) is 11.3. The predicted molar refractivity (Wildman–Crippen MR) is 70.7 cm³/mol. The normalized spacial score (nSPS) is 19.1. The van der Waals surface area contributed by atoms with Crippen molar-refractivity contribution in [1.29, 1.82) is 0 Å². The minimum atomic E-state index is -0.0875. The van der Waals surface area contributed by atoms with Gasteiger partial charge >= 0.3 is 0 Å². The Hall–Kier alpha value is -1.05. The number of hydrogen-bond donors (Lipinski definition) is 0. The largest absolute Gasteiger partial charge is 0.497 e. The molecule has 0 aromatic rings. The number of unbranched alkanes of at least 4 members (excludes halogenated alkanes) is 3. The Kier molecular flexibility index (Phi) is 4.98. The van der Waals surface area contributed by atoms with Crippen LogP contribution in [0.5, 0.6) is 0 Å². The summed E-state index contributed by atoms with van der Waals surface area (Å²) in [6.07, 6.45) is 7.06. The zero-order chi connectivity index (χ0) is 12.9. The van der Waals surface area contributed by atoms with Gasteiger partial charge in [0.05, 0.1) is 6.61 Å². The van der Waals surface area contributed by atoms with Crippen LogP contribution in [0.3, 0.4) is 0 Å². The third-order valence-corrected chi connectivity index (χ3v) is 3.19. The molecule has 1 aliphatic carbocycles. The number of carbonyl (C=O) groups excluding carboxylic acids is 1. The molecule has 0 aromatic heterocycles. The second-order valence-electron chi connectivity index (χ2n) is 5.45. The van der Waals surface area contributed by atoms with Gasteiger partial charge in [0.15, 0.2) is 5.78 Å². The van der Waals surface area contributed by atoms with Crippen molar-refractivity contribution in [3.05, 3.63) is 24.0 Å². The van der Waals surface area contributed by atoms with Gasteiger partial charge in [-0.05, 0) is 18.4 Å². The second kappa shape index (κ2) is 6.04. The van der Waals surface area contributed by atoms with Gasteiger partial charge in [-0.25, -0.2) is 0 Å². The summed E-state index contributed by atoms with van der Waals surface area (Å²) in [6, 6.07) is 0. The lowest BCUT2D eigenvalue weighted by atomic mass is 9.78. The van der Waals surface area contributed by atoms with Crippen LogP contribution in [0, 0.1) is 5.41 Å². The van der Waals surface area contributed by atoms with Crippen LogP contribution < -0.4 is 0 Å². The molecule has 0 saturated heterocycles. The molecular formula is C15H24O2. The lowest BCUT2D eigenvalue weighted by Crippen LogP contribution is -2.25. The first-order valence-corrected chi connectivity index (χ1v) is 6.54. The molecular weight excluding hydrogens is 212 g/mol. The van der Waals surface area contributed by atoms with Crippen molar-refractivity contribution in [2.24, 2.45) is 5.41 Å². The molecule has 17 heavy (non-hydrogen) atoms. The van der Waals surface area contributed by atoms with E-state index < -0.39 is 0 Å². The van der Waals surface area contributed by atoms with E-state index in [1.54, 1.807) is 6.08 Å². The average molecular weight is 236 g/mol. The van der Waals surface area contributed by atoms with Gasteiger partial charge in [-0.1, -0.05) is 46.6 Å². The molecule has 0 aliphatic heterocycles. The van der Waals surface area contributed by atoms with Gasteiger partial charge < -0.3 is 4.74 Å². The van der Waals surface area contributed by atoms with Gasteiger partial charge in [-0.2, -0.15) is 0 Å². The van der Waals surface area contributed by atoms with Crippen molar-refractivity contribution in [2.75, 3.05) is 6.61 Å². The van der Waals surface area contributed by atoms with Gasteiger partial charge in [-0.15, -0.1) is 0 Å². The Labute approximate surface area is 105 Å². The Morgan fingerprint density at radius 3 is 2.71 bits per heavy atom. The molecule has 1 aliphatic rings. The van der Waals surface area contributed by atoms with Crippen molar-refractivity contribution in [3.8, 4) is 0 Å². The molecule has 0 unspecified atom stereocenters. The van der Waals surface area contributed by atoms with Gasteiger partial charge in [0.2, 0.25) is 0 Å². The number of rotatable bonds is 6. The van der Waals surface area contributed by atoms with Crippen LogP contribution >= 0.6 is 0 Å². The van der Waals surface area contributed by atoms with Gasteiger partial charge in [-0.3, -0.25) is 4.79 Å². The van der Waals surface area contributed by atoms with Crippen molar-refractivity contribution in [1.82, 2.24) is 0 Å². The maximum absolute atomic E-state index is 11.6. The molecule has 0 radical (unpaired) electrons. The first-order valence-electron chi connectivity index (χ1n) is 6.54. The summed E-state index contributed by atoms with van der Waals surface area (Å²) in [5.41, 5.74) is 0.601. The maximum Gasteiger partial charge on any atom is 0.184 e. The molecule has 1 rings (SSSR count). The SMILES string of the molecule is C=C1CC(C)(C)C(OCCCCCC)=CC1=O. The second-order valence-corrected chi connectivity index (χ2v) is 5.45. The molecule has 0 atom stereocenters.